The first-order valence-electron chi connectivity index (χ1n) is 7.03. The number of amides is 1. The van der Waals surface area contributed by atoms with E-state index in [1.165, 1.54) is 0 Å². The molecule has 0 saturated heterocycles. The molecule has 0 bridgehead atoms. The molecule has 1 unspecified atom stereocenters. The van der Waals surface area contributed by atoms with E-state index in [9.17, 15) is 4.79 Å². The van der Waals surface area contributed by atoms with E-state index in [4.69, 9.17) is 10.5 Å². The molecule has 0 aromatic heterocycles. The van der Waals surface area contributed by atoms with E-state index in [2.05, 4.69) is 10.6 Å². The smallest absolute Gasteiger partial charge is 0.242 e. The Labute approximate surface area is 120 Å². The van der Waals surface area contributed by atoms with Gasteiger partial charge in [0.1, 0.15) is 11.8 Å². The SMILES string of the molecule is CCCOc1cc(NC(C)C(=O)NC(C)C)ccc1N. The van der Waals surface area contributed by atoms with Crippen molar-refractivity contribution in [3.63, 3.8) is 0 Å². The Morgan fingerprint density at radius 2 is 2.05 bits per heavy atom. The molecule has 20 heavy (non-hydrogen) atoms. The van der Waals surface area contributed by atoms with E-state index in [-0.39, 0.29) is 18.0 Å². The number of hydrogen-bond acceptors (Lipinski definition) is 4. The highest BCUT2D eigenvalue weighted by molar-refractivity contribution is 5.84. The van der Waals surface area contributed by atoms with Gasteiger partial charge in [-0.2, -0.15) is 0 Å². The molecule has 0 aliphatic rings. The first kappa shape index (κ1) is 16.1. The fourth-order valence-electron chi connectivity index (χ4n) is 1.69. The molecule has 1 rings (SSSR count). The van der Waals surface area contributed by atoms with Gasteiger partial charge in [-0.1, -0.05) is 6.92 Å². The first-order chi connectivity index (χ1) is 9.43. The van der Waals surface area contributed by atoms with Crippen LogP contribution in [0.4, 0.5) is 11.4 Å². The number of hydrogen-bond donors (Lipinski definition) is 3. The molecular formula is C15H25N3O2. The topological polar surface area (TPSA) is 76.4 Å². The number of nitrogen functional groups attached to an aromatic ring is 1. The van der Waals surface area contributed by atoms with Crippen molar-refractivity contribution in [1.82, 2.24) is 5.32 Å². The number of nitrogens with one attached hydrogen (secondary N) is 2. The molecular weight excluding hydrogens is 254 g/mol. The predicted molar refractivity (Wildman–Crippen MR) is 83.0 cm³/mol. The van der Waals surface area contributed by atoms with Crippen molar-refractivity contribution in [3.05, 3.63) is 18.2 Å². The third kappa shape index (κ3) is 4.99. The number of anilines is 2. The number of nitrogens with two attached hydrogens (primary N) is 1. The standard InChI is InChI=1S/C15H25N3O2/c1-5-8-20-14-9-12(6-7-13(14)16)18-11(4)15(19)17-10(2)3/h6-7,9-11,18H,5,8,16H2,1-4H3,(H,17,19). The van der Waals surface area contributed by atoms with Crippen LogP contribution < -0.4 is 21.1 Å². The highest BCUT2D eigenvalue weighted by Crippen LogP contribution is 2.26. The molecule has 5 nitrogen and oxygen atoms in total. The molecule has 0 saturated carbocycles. The van der Waals surface area contributed by atoms with Gasteiger partial charge < -0.3 is 21.1 Å². The van der Waals surface area contributed by atoms with Crippen molar-refractivity contribution < 1.29 is 9.53 Å². The van der Waals surface area contributed by atoms with Gasteiger partial charge in [0.15, 0.2) is 0 Å². The van der Waals surface area contributed by atoms with Crippen LogP contribution in [-0.2, 0) is 4.79 Å². The lowest BCUT2D eigenvalue weighted by atomic mass is 10.2. The van der Waals surface area contributed by atoms with Gasteiger partial charge in [-0.05, 0) is 39.3 Å². The van der Waals surface area contributed by atoms with Gasteiger partial charge in [0.2, 0.25) is 5.91 Å². The molecule has 0 spiro atoms. The summed E-state index contributed by atoms with van der Waals surface area (Å²) in [5.41, 5.74) is 7.27. The minimum atomic E-state index is -0.319. The summed E-state index contributed by atoms with van der Waals surface area (Å²) >= 11 is 0. The van der Waals surface area contributed by atoms with Crippen molar-refractivity contribution in [2.45, 2.75) is 46.2 Å². The number of carbonyl (C=O) groups excluding carboxylic acids is 1. The molecule has 0 fully saturated rings. The quantitative estimate of drug-likeness (QED) is 0.670. The van der Waals surface area contributed by atoms with Gasteiger partial charge >= 0.3 is 0 Å². The van der Waals surface area contributed by atoms with Gasteiger partial charge in [-0.25, -0.2) is 0 Å². The zero-order chi connectivity index (χ0) is 15.1. The number of carbonyl (C=O) groups is 1. The second kappa shape index (κ2) is 7.62. The van der Waals surface area contributed by atoms with Crippen molar-refractivity contribution in [2.75, 3.05) is 17.7 Å². The van der Waals surface area contributed by atoms with Crippen LogP contribution in [0.3, 0.4) is 0 Å². The summed E-state index contributed by atoms with van der Waals surface area (Å²) in [7, 11) is 0. The molecule has 1 aromatic carbocycles. The second-order valence-electron chi connectivity index (χ2n) is 5.13. The highest BCUT2D eigenvalue weighted by Gasteiger charge is 2.13. The minimum Gasteiger partial charge on any atom is -0.491 e. The second-order valence-corrected chi connectivity index (χ2v) is 5.13. The van der Waals surface area contributed by atoms with Crippen molar-refractivity contribution in [3.8, 4) is 5.75 Å². The van der Waals surface area contributed by atoms with Gasteiger partial charge in [0.25, 0.3) is 0 Å². The van der Waals surface area contributed by atoms with Crippen LogP contribution in [0.5, 0.6) is 5.75 Å². The molecule has 0 heterocycles. The Morgan fingerprint density at radius 1 is 1.35 bits per heavy atom. The fraction of sp³-hybridized carbons (Fsp3) is 0.533. The number of ether oxygens (including phenoxy) is 1. The monoisotopic (exact) mass is 279 g/mol. The largest absolute Gasteiger partial charge is 0.491 e. The van der Waals surface area contributed by atoms with Crippen molar-refractivity contribution in [1.29, 1.82) is 0 Å². The lowest BCUT2D eigenvalue weighted by molar-refractivity contribution is -0.122. The summed E-state index contributed by atoms with van der Waals surface area (Å²) in [5, 5.41) is 6.01. The molecule has 1 aromatic rings. The summed E-state index contributed by atoms with van der Waals surface area (Å²) in [6, 6.07) is 5.25. The van der Waals surface area contributed by atoms with Crippen LogP contribution in [0.15, 0.2) is 18.2 Å². The number of rotatable bonds is 7. The maximum absolute atomic E-state index is 11.9. The summed E-state index contributed by atoms with van der Waals surface area (Å²) < 4.78 is 5.57. The highest BCUT2D eigenvalue weighted by atomic mass is 16.5. The van der Waals surface area contributed by atoms with Gasteiger partial charge in [0.05, 0.1) is 12.3 Å². The van der Waals surface area contributed by atoms with Gasteiger partial charge in [-0.3, -0.25) is 4.79 Å². The molecule has 0 aliphatic carbocycles. The summed E-state index contributed by atoms with van der Waals surface area (Å²) in [6.07, 6.45) is 0.921. The fourth-order valence-corrected chi connectivity index (χ4v) is 1.69. The molecule has 112 valence electrons. The van der Waals surface area contributed by atoms with Crippen LogP contribution in [0, 0.1) is 0 Å². The Hall–Kier alpha value is -1.91. The average molecular weight is 279 g/mol. The lowest BCUT2D eigenvalue weighted by Gasteiger charge is -2.18. The molecule has 1 amide bonds. The summed E-state index contributed by atoms with van der Waals surface area (Å²) in [5.74, 6) is 0.612. The van der Waals surface area contributed by atoms with E-state index in [1.807, 2.05) is 39.8 Å². The van der Waals surface area contributed by atoms with Crippen LogP contribution in [-0.4, -0.2) is 24.6 Å². The van der Waals surface area contributed by atoms with Crippen LogP contribution >= 0.6 is 0 Å². The zero-order valence-corrected chi connectivity index (χ0v) is 12.7. The lowest BCUT2D eigenvalue weighted by Crippen LogP contribution is -2.40. The van der Waals surface area contributed by atoms with Gasteiger partial charge in [0, 0.05) is 17.8 Å². The third-order valence-electron chi connectivity index (χ3n) is 2.68. The zero-order valence-electron chi connectivity index (χ0n) is 12.7. The normalized spacial score (nSPS) is 12.1. The molecule has 1 atom stereocenters. The van der Waals surface area contributed by atoms with Gasteiger partial charge in [-0.15, -0.1) is 0 Å². The Kier molecular flexibility index (Phi) is 6.15. The Balaban J connectivity index is 2.69. The Bertz CT molecular complexity index is 447. The maximum atomic E-state index is 11.9. The maximum Gasteiger partial charge on any atom is 0.242 e. The third-order valence-corrected chi connectivity index (χ3v) is 2.68. The minimum absolute atomic E-state index is 0.0344. The first-order valence-corrected chi connectivity index (χ1v) is 7.03. The van der Waals surface area contributed by atoms with E-state index < -0.39 is 0 Å². The summed E-state index contributed by atoms with van der Waals surface area (Å²) in [6.45, 7) is 8.35. The van der Waals surface area contributed by atoms with E-state index in [0.29, 0.717) is 18.0 Å². The summed E-state index contributed by atoms with van der Waals surface area (Å²) in [4.78, 5) is 11.9. The van der Waals surface area contributed by atoms with E-state index in [0.717, 1.165) is 12.1 Å². The molecule has 4 N–H and O–H groups in total. The number of benzene rings is 1. The van der Waals surface area contributed by atoms with Crippen LogP contribution in [0.1, 0.15) is 34.1 Å². The van der Waals surface area contributed by atoms with Crippen molar-refractivity contribution in [2.24, 2.45) is 0 Å². The van der Waals surface area contributed by atoms with Crippen molar-refractivity contribution >= 4 is 17.3 Å². The van der Waals surface area contributed by atoms with Crippen LogP contribution in [0.25, 0.3) is 0 Å². The average Bonchev–Trinajstić information content (AvgIpc) is 2.38. The molecule has 0 radical (unpaired) electrons. The van der Waals surface area contributed by atoms with E-state index in [1.54, 1.807) is 6.07 Å². The molecule has 0 aliphatic heterocycles. The Morgan fingerprint density at radius 3 is 2.65 bits per heavy atom. The van der Waals surface area contributed by atoms with Crippen LogP contribution in [0.2, 0.25) is 0 Å². The van der Waals surface area contributed by atoms with E-state index >= 15 is 0 Å². The molecule has 5 heteroatoms. The predicted octanol–water partition coefficient (Wildman–Crippen LogP) is 2.38.